The molecule has 0 aliphatic carbocycles. The number of hydrogen-bond acceptors (Lipinski definition) is 6. The van der Waals surface area contributed by atoms with Crippen LogP contribution in [0.5, 0.6) is 0 Å². The highest BCUT2D eigenvalue weighted by Gasteiger charge is 2.38. The van der Waals surface area contributed by atoms with Gasteiger partial charge in [-0.05, 0) is 37.6 Å². The van der Waals surface area contributed by atoms with Crippen molar-refractivity contribution in [2.75, 3.05) is 31.6 Å². The highest BCUT2D eigenvalue weighted by atomic mass is 16.3. The van der Waals surface area contributed by atoms with Crippen LogP contribution in [-0.2, 0) is 17.8 Å². The zero-order valence-electron chi connectivity index (χ0n) is 20.6. The van der Waals surface area contributed by atoms with Gasteiger partial charge in [0.15, 0.2) is 0 Å². The second-order valence-electron chi connectivity index (χ2n) is 9.59. The van der Waals surface area contributed by atoms with Crippen LogP contribution in [0.25, 0.3) is 21.9 Å². The van der Waals surface area contributed by atoms with E-state index >= 15 is 0 Å². The van der Waals surface area contributed by atoms with Crippen LogP contribution in [0.2, 0.25) is 0 Å². The quantitative estimate of drug-likeness (QED) is 0.444. The fourth-order valence-corrected chi connectivity index (χ4v) is 5.21. The Morgan fingerprint density at radius 1 is 1.20 bits per heavy atom. The van der Waals surface area contributed by atoms with Crippen LogP contribution >= 0.6 is 0 Å². The molecule has 1 aliphatic rings. The number of imidazole rings is 1. The number of amides is 1. The summed E-state index contributed by atoms with van der Waals surface area (Å²) in [7, 11) is 1.78. The number of aryl methyl sites for hydroxylation is 3. The number of benzene rings is 1. The van der Waals surface area contributed by atoms with E-state index in [4.69, 9.17) is 4.98 Å². The van der Waals surface area contributed by atoms with Crippen LogP contribution in [0.15, 0.2) is 48.8 Å². The monoisotopic (exact) mass is 472 g/mol. The third-order valence-electron chi connectivity index (χ3n) is 6.95. The lowest BCUT2D eigenvalue weighted by molar-refractivity contribution is -0.133. The maximum Gasteiger partial charge on any atom is 0.224 e. The van der Waals surface area contributed by atoms with Crippen molar-refractivity contribution >= 4 is 33.5 Å². The molecule has 8 heteroatoms. The van der Waals surface area contributed by atoms with Crippen LogP contribution in [0, 0.1) is 6.92 Å². The Morgan fingerprint density at radius 3 is 2.86 bits per heavy atom. The summed E-state index contributed by atoms with van der Waals surface area (Å²) in [5.74, 6) is 1.01. The standard InChI is InChI=1S/C27H32N6O2/c1-4-25-30-22-7-5-6-8-23(22)33(25)13-10-26(34)31(3)17-27(35)11-14-32(18-27)24-15-19(2)29-21-9-12-28-16-20(21)24/h5-9,12,15-16,35H,4,10-11,13-14,17-18H2,1-3H3/t27-/m1/s1. The molecule has 1 amide bonds. The first-order chi connectivity index (χ1) is 16.9. The number of β-amino-alcohol motifs (C(OH)–C–C–N with tert-alkyl or cyclic N) is 1. The van der Waals surface area contributed by atoms with Crippen molar-refractivity contribution in [2.45, 2.75) is 45.3 Å². The molecule has 1 aliphatic heterocycles. The lowest BCUT2D eigenvalue weighted by Gasteiger charge is -2.30. The molecule has 0 saturated carbocycles. The number of para-hydroxylation sites is 2. The van der Waals surface area contributed by atoms with Gasteiger partial charge in [0.05, 0.1) is 23.1 Å². The number of aliphatic hydroxyl groups is 1. The van der Waals surface area contributed by atoms with Gasteiger partial charge in [0.1, 0.15) is 11.4 Å². The van der Waals surface area contributed by atoms with Gasteiger partial charge in [-0.25, -0.2) is 4.98 Å². The fraction of sp³-hybridized carbons (Fsp3) is 0.407. The van der Waals surface area contributed by atoms with Crippen LogP contribution in [0.3, 0.4) is 0 Å². The van der Waals surface area contributed by atoms with Gasteiger partial charge >= 0.3 is 0 Å². The maximum absolute atomic E-state index is 13.0. The zero-order chi connectivity index (χ0) is 24.6. The summed E-state index contributed by atoms with van der Waals surface area (Å²) in [6.45, 7) is 6.11. The molecule has 35 heavy (non-hydrogen) atoms. The van der Waals surface area contributed by atoms with Crippen molar-refractivity contribution in [3.8, 4) is 0 Å². The molecule has 5 rings (SSSR count). The summed E-state index contributed by atoms with van der Waals surface area (Å²) in [6.07, 6.45) is 5.35. The Hall–Kier alpha value is -3.52. The second kappa shape index (κ2) is 9.26. The highest BCUT2D eigenvalue weighted by molar-refractivity contribution is 5.91. The smallest absolute Gasteiger partial charge is 0.224 e. The second-order valence-corrected chi connectivity index (χ2v) is 9.59. The highest BCUT2D eigenvalue weighted by Crippen LogP contribution is 2.32. The van der Waals surface area contributed by atoms with Gasteiger partial charge in [-0.15, -0.1) is 0 Å². The Labute approximate surface area is 205 Å². The van der Waals surface area contributed by atoms with E-state index in [1.165, 1.54) is 0 Å². The Morgan fingerprint density at radius 2 is 2.03 bits per heavy atom. The third-order valence-corrected chi connectivity index (χ3v) is 6.95. The molecular weight excluding hydrogens is 440 g/mol. The Bertz CT molecular complexity index is 1380. The fourth-order valence-electron chi connectivity index (χ4n) is 5.21. The van der Waals surface area contributed by atoms with Crippen LogP contribution < -0.4 is 4.90 Å². The number of anilines is 1. The summed E-state index contributed by atoms with van der Waals surface area (Å²) < 4.78 is 2.14. The minimum atomic E-state index is -0.966. The normalized spacial score (nSPS) is 18.0. The molecule has 0 spiro atoms. The summed E-state index contributed by atoms with van der Waals surface area (Å²) in [5.41, 5.74) is 3.91. The molecule has 1 fully saturated rings. The number of pyridine rings is 2. The Kier molecular flexibility index (Phi) is 6.15. The molecule has 1 atom stereocenters. The lowest BCUT2D eigenvalue weighted by Crippen LogP contribution is -2.46. The van der Waals surface area contributed by atoms with Gasteiger partial charge < -0.3 is 19.5 Å². The number of carbonyl (C=O) groups excluding carboxylic acids is 1. The molecule has 3 aromatic heterocycles. The predicted octanol–water partition coefficient (Wildman–Crippen LogP) is 3.34. The van der Waals surface area contributed by atoms with E-state index in [0.717, 1.165) is 45.6 Å². The van der Waals surface area contributed by atoms with E-state index in [2.05, 4.69) is 26.4 Å². The average Bonchev–Trinajstić information content (AvgIpc) is 3.42. The van der Waals surface area contributed by atoms with E-state index in [9.17, 15) is 9.90 Å². The SMILES string of the molecule is CCc1nc2ccccc2n1CCC(=O)N(C)C[C@]1(O)CCN(c2cc(C)nc3ccncc23)C1. The first-order valence-electron chi connectivity index (χ1n) is 12.2. The van der Waals surface area contributed by atoms with E-state index in [1.807, 2.05) is 49.5 Å². The summed E-state index contributed by atoms with van der Waals surface area (Å²) in [4.78, 5) is 30.4. The number of nitrogens with zero attached hydrogens (tertiary/aromatic N) is 6. The molecule has 1 N–H and O–H groups in total. The van der Waals surface area contributed by atoms with Gasteiger partial charge in [-0.1, -0.05) is 19.1 Å². The summed E-state index contributed by atoms with van der Waals surface area (Å²) in [6, 6.07) is 12.0. The molecule has 182 valence electrons. The number of aromatic nitrogens is 4. The van der Waals surface area contributed by atoms with Crippen molar-refractivity contribution in [2.24, 2.45) is 0 Å². The van der Waals surface area contributed by atoms with E-state index in [1.54, 1.807) is 18.1 Å². The van der Waals surface area contributed by atoms with E-state index in [0.29, 0.717) is 39.0 Å². The maximum atomic E-state index is 13.0. The first-order valence-corrected chi connectivity index (χ1v) is 12.2. The van der Waals surface area contributed by atoms with Gasteiger partial charge in [0.25, 0.3) is 0 Å². The van der Waals surface area contributed by atoms with Crippen molar-refractivity contribution in [1.82, 2.24) is 24.4 Å². The lowest BCUT2D eigenvalue weighted by atomic mass is 10.0. The number of likely N-dealkylation sites (N-methyl/N-ethyl adjacent to an activating group) is 1. The largest absolute Gasteiger partial charge is 0.386 e. The van der Waals surface area contributed by atoms with E-state index < -0.39 is 5.60 Å². The van der Waals surface area contributed by atoms with Crippen LogP contribution in [-0.4, -0.2) is 67.7 Å². The van der Waals surface area contributed by atoms with Crippen LogP contribution in [0.4, 0.5) is 5.69 Å². The topological polar surface area (TPSA) is 87.4 Å². The minimum Gasteiger partial charge on any atom is -0.386 e. The van der Waals surface area contributed by atoms with Crippen LogP contribution in [0.1, 0.15) is 31.3 Å². The molecule has 0 radical (unpaired) electrons. The van der Waals surface area contributed by atoms with Crippen molar-refractivity contribution < 1.29 is 9.90 Å². The number of hydrogen-bond donors (Lipinski definition) is 1. The van der Waals surface area contributed by atoms with Gasteiger partial charge in [-0.2, -0.15) is 0 Å². The number of fused-ring (bicyclic) bond motifs is 2. The predicted molar refractivity (Wildman–Crippen MR) is 137 cm³/mol. The first kappa shape index (κ1) is 23.2. The zero-order valence-corrected chi connectivity index (χ0v) is 20.6. The Balaban J connectivity index is 1.25. The third kappa shape index (κ3) is 4.58. The molecular formula is C27H32N6O2. The van der Waals surface area contributed by atoms with Gasteiger partial charge in [0, 0.05) is 68.7 Å². The molecule has 0 unspecified atom stereocenters. The number of rotatable bonds is 7. The van der Waals surface area contributed by atoms with Crippen molar-refractivity contribution in [3.05, 3.63) is 60.3 Å². The molecule has 4 aromatic rings. The van der Waals surface area contributed by atoms with Crippen molar-refractivity contribution in [3.63, 3.8) is 0 Å². The molecule has 0 bridgehead atoms. The molecule has 8 nitrogen and oxygen atoms in total. The van der Waals surface area contributed by atoms with Crippen molar-refractivity contribution in [1.29, 1.82) is 0 Å². The minimum absolute atomic E-state index is 0.0196. The van der Waals surface area contributed by atoms with E-state index in [-0.39, 0.29) is 5.91 Å². The number of carbonyl (C=O) groups is 1. The molecule has 1 aromatic carbocycles. The molecule has 1 saturated heterocycles. The van der Waals surface area contributed by atoms with Gasteiger partial charge in [-0.3, -0.25) is 14.8 Å². The molecule has 4 heterocycles. The summed E-state index contributed by atoms with van der Waals surface area (Å²) >= 11 is 0. The van der Waals surface area contributed by atoms with Gasteiger partial charge in [0.2, 0.25) is 5.91 Å². The summed E-state index contributed by atoms with van der Waals surface area (Å²) in [5, 5.41) is 12.4. The average molecular weight is 473 g/mol.